The third kappa shape index (κ3) is 3.76. The van der Waals surface area contributed by atoms with Crippen LogP contribution >= 0.6 is 0 Å². The number of hydrogen-bond donors (Lipinski definition) is 1. The first-order chi connectivity index (χ1) is 15.2. The van der Waals surface area contributed by atoms with Crippen molar-refractivity contribution in [3.8, 4) is 28.1 Å². The summed E-state index contributed by atoms with van der Waals surface area (Å²) in [6.45, 7) is 12.0. The Morgan fingerprint density at radius 1 is 1.13 bits per heavy atom. The Morgan fingerprint density at radius 2 is 1.90 bits per heavy atom. The molecule has 0 spiro atoms. The van der Waals surface area contributed by atoms with E-state index in [1.54, 1.807) is 6.33 Å². The summed E-state index contributed by atoms with van der Waals surface area (Å²) in [6, 6.07) is 18.2. The van der Waals surface area contributed by atoms with Gasteiger partial charge in [-0.1, -0.05) is 54.1 Å². The normalized spacial score (nSPS) is 15.8. The molecular formula is C25H23N5O. The standard InChI is InChI=1S/C25H23N5O/c1-17-3-5-20(6-4-17)24-22(19-7-9-21(26-2)10-8-19)13-23(25-29-28-16-30(24)25)31-15-18-11-12-27-14-18/h3-10,13,16,18,27H,11-12,14-15H2,1H3/t18-/m1/s1. The maximum absolute atomic E-state index is 7.25. The molecule has 1 fully saturated rings. The van der Waals surface area contributed by atoms with Gasteiger partial charge >= 0.3 is 0 Å². The molecule has 1 aliphatic rings. The van der Waals surface area contributed by atoms with Crippen LogP contribution < -0.4 is 10.1 Å². The fourth-order valence-electron chi connectivity index (χ4n) is 4.07. The fourth-order valence-corrected chi connectivity index (χ4v) is 4.07. The van der Waals surface area contributed by atoms with E-state index < -0.39 is 0 Å². The van der Waals surface area contributed by atoms with Gasteiger partial charge in [-0.05, 0) is 37.1 Å². The van der Waals surface area contributed by atoms with Crippen molar-refractivity contribution >= 4 is 11.3 Å². The quantitative estimate of drug-likeness (QED) is 0.476. The molecule has 2 aromatic carbocycles. The van der Waals surface area contributed by atoms with E-state index in [0.29, 0.717) is 23.9 Å². The van der Waals surface area contributed by atoms with E-state index in [2.05, 4.69) is 57.6 Å². The Labute approximate surface area is 181 Å². The maximum atomic E-state index is 7.25. The van der Waals surface area contributed by atoms with Gasteiger partial charge in [-0.2, -0.15) is 0 Å². The van der Waals surface area contributed by atoms with Gasteiger partial charge in [-0.15, -0.1) is 10.2 Å². The number of nitrogens with zero attached hydrogens (tertiary/aromatic N) is 4. The van der Waals surface area contributed by atoms with E-state index >= 15 is 0 Å². The monoisotopic (exact) mass is 409 g/mol. The van der Waals surface area contributed by atoms with Crippen molar-refractivity contribution < 1.29 is 4.74 Å². The molecule has 154 valence electrons. The topological polar surface area (TPSA) is 55.8 Å². The Morgan fingerprint density at radius 3 is 2.61 bits per heavy atom. The molecule has 1 saturated heterocycles. The minimum absolute atomic E-state index is 0.501. The van der Waals surface area contributed by atoms with Gasteiger partial charge in [-0.3, -0.25) is 4.40 Å². The van der Waals surface area contributed by atoms with E-state index in [0.717, 1.165) is 47.6 Å². The SMILES string of the molecule is [C-]#[N+]c1ccc(-c2cc(OC[C@@H]3CCNC3)c3nncn3c2-c2ccc(C)cc2)cc1. The highest BCUT2D eigenvalue weighted by atomic mass is 16.5. The molecule has 0 radical (unpaired) electrons. The molecule has 3 heterocycles. The van der Waals surface area contributed by atoms with Crippen LogP contribution in [0.3, 0.4) is 0 Å². The van der Waals surface area contributed by atoms with Crippen molar-refractivity contribution in [2.45, 2.75) is 13.3 Å². The van der Waals surface area contributed by atoms with Crippen molar-refractivity contribution in [3.05, 3.63) is 77.9 Å². The molecule has 5 rings (SSSR count). The van der Waals surface area contributed by atoms with Crippen LogP contribution in [0.1, 0.15) is 12.0 Å². The van der Waals surface area contributed by atoms with Crippen molar-refractivity contribution in [1.29, 1.82) is 0 Å². The van der Waals surface area contributed by atoms with E-state index in [-0.39, 0.29) is 0 Å². The first-order valence-electron chi connectivity index (χ1n) is 10.5. The number of pyridine rings is 1. The summed E-state index contributed by atoms with van der Waals surface area (Å²) in [5, 5.41) is 11.9. The lowest BCUT2D eigenvalue weighted by molar-refractivity contribution is 0.261. The summed E-state index contributed by atoms with van der Waals surface area (Å²) in [6.07, 6.45) is 2.86. The summed E-state index contributed by atoms with van der Waals surface area (Å²) >= 11 is 0. The molecule has 0 aliphatic carbocycles. The molecule has 1 atom stereocenters. The van der Waals surface area contributed by atoms with Crippen molar-refractivity contribution in [3.63, 3.8) is 0 Å². The van der Waals surface area contributed by atoms with E-state index in [1.165, 1.54) is 5.56 Å². The van der Waals surface area contributed by atoms with Gasteiger partial charge in [0.2, 0.25) is 5.65 Å². The van der Waals surface area contributed by atoms with Crippen LogP contribution in [-0.2, 0) is 0 Å². The molecule has 4 aromatic rings. The number of ether oxygens (including phenoxy) is 1. The first kappa shape index (κ1) is 19.3. The van der Waals surface area contributed by atoms with Crippen LogP contribution in [0.25, 0.3) is 32.9 Å². The zero-order valence-electron chi connectivity index (χ0n) is 17.4. The second-order valence-corrected chi connectivity index (χ2v) is 7.99. The highest BCUT2D eigenvalue weighted by Crippen LogP contribution is 2.38. The molecule has 1 N–H and O–H groups in total. The molecule has 2 aromatic heterocycles. The average molecular weight is 409 g/mol. The Kier molecular flexibility index (Phi) is 5.11. The molecule has 6 heteroatoms. The predicted molar refractivity (Wildman–Crippen MR) is 121 cm³/mol. The zero-order valence-corrected chi connectivity index (χ0v) is 17.4. The van der Waals surface area contributed by atoms with Crippen LogP contribution in [0.2, 0.25) is 0 Å². The molecule has 6 nitrogen and oxygen atoms in total. The summed E-state index contributed by atoms with van der Waals surface area (Å²) in [5.74, 6) is 1.23. The van der Waals surface area contributed by atoms with Crippen molar-refractivity contribution in [2.75, 3.05) is 19.7 Å². The van der Waals surface area contributed by atoms with Crippen molar-refractivity contribution in [1.82, 2.24) is 19.9 Å². The van der Waals surface area contributed by atoms with Gasteiger partial charge in [-0.25, -0.2) is 4.85 Å². The lowest BCUT2D eigenvalue weighted by Gasteiger charge is -2.17. The summed E-state index contributed by atoms with van der Waals surface area (Å²) < 4.78 is 8.27. The van der Waals surface area contributed by atoms with Gasteiger partial charge in [0.25, 0.3) is 0 Å². The van der Waals surface area contributed by atoms with Crippen LogP contribution in [0.15, 0.2) is 60.9 Å². The number of nitrogens with one attached hydrogen (secondary N) is 1. The molecule has 31 heavy (non-hydrogen) atoms. The number of rotatable bonds is 5. The largest absolute Gasteiger partial charge is 0.489 e. The summed E-state index contributed by atoms with van der Waals surface area (Å²) in [5.41, 5.74) is 6.66. The molecular weight excluding hydrogens is 386 g/mol. The number of hydrogen-bond acceptors (Lipinski definition) is 4. The number of aromatic nitrogens is 3. The Balaban J connectivity index is 1.67. The van der Waals surface area contributed by atoms with E-state index in [1.807, 2.05) is 28.7 Å². The summed E-state index contributed by atoms with van der Waals surface area (Å²) in [7, 11) is 0. The lowest BCUT2D eigenvalue weighted by atomic mass is 9.98. The minimum Gasteiger partial charge on any atom is -0.489 e. The van der Waals surface area contributed by atoms with E-state index in [9.17, 15) is 0 Å². The molecule has 0 unspecified atom stereocenters. The smallest absolute Gasteiger partial charge is 0.203 e. The zero-order chi connectivity index (χ0) is 21.2. The Bertz CT molecular complexity index is 1250. The van der Waals surface area contributed by atoms with Crippen LogP contribution in [0, 0.1) is 19.4 Å². The molecule has 0 amide bonds. The van der Waals surface area contributed by atoms with Gasteiger partial charge in [0, 0.05) is 18.0 Å². The van der Waals surface area contributed by atoms with Crippen molar-refractivity contribution in [2.24, 2.45) is 5.92 Å². The van der Waals surface area contributed by atoms with Gasteiger partial charge in [0.05, 0.1) is 18.9 Å². The molecule has 0 saturated carbocycles. The van der Waals surface area contributed by atoms with Gasteiger partial charge in [0.1, 0.15) is 6.33 Å². The molecule has 0 bridgehead atoms. The highest BCUT2D eigenvalue weighted by molar-refractivity contribution is 5.85. The average Bonchev–Trinajstić information content (AvgIpc) is 3.50. The minimum atomic E-state index is 0.501. The first-order valence-corrected chi connectivity index (χ1v) is 10.5. The van der Waals surface area contributed by atoms with Gasteiger partial charge in [0.15, 0.2) is 11.4 Å². The van der Waals surface area contributed by atoms with Crippen LogP contribution in [0.4, 0.5) is 5.69 Å². The lowest BCUT2D eigenvalue weighted by Crippen LogP contribution is -2.16. The third-order valence-corrected chi connectivity index (χ3v) is 5.81. The van der Waals surface area contributed by atoms with Gasteiger partial charge < -0.3 is 10.1 Å². The maximum Gasteiger partial charge on any atom is 0.203 e. The predicted octanol–water partition coefficient (Wildman–Crippen LogP) is 4.91. The van der Waals surface area contributed by atoms with Crippen LogP contribution in [0.5, 0.6) is 5.75 Å². The van der Waals surface area contributed by atoms with E-state index in [4.69, 9.17) is 11.3 Å². The number of benzene rings is 2. The second-order valence-electron chi connectivity index (χ2n) is 7.99. The molecule has 1 aliphatic heterocycles. The highest BCUT2D eigenvalue weighted by Gasteiger charge is 2.20. The Hall–Kier alpha value is -3.69. The fraction of sp³-hybridized carbons (Fsp3) is 0.240. The third-order valence-electron chi connectivity index (χ3n) is 5.81. The number of aryl methyl sites for hydroxylation is 1. The van der Waals surface area contributed by atoms with Crippen LogP contribution in [-0.4, -0.2) is 34.3 Å². The second kappa shape index (κ2) is 8.21. The summed E-state index contributed by atoms with van der Waals surface area (Å²) in [4.78, 5) is 3.52. The number of fused-ring (bicyclic) bond motifs is 1.